The van der Waals surface area contributed by atoms with Gasteiger partial charge in [0.25, 0.3) is 0 Å². The van der Waals surface area contributed by atoms with Gasteiger partial charge in [-0.2, -0.15) is 0 Å². The molecule has 266 valence electrons. The molecule has 0 saturated heterocycles. The summed E-state index contributed by atoms with van der Waals surface area (Å²) in [5.41, 5.74) is 1.70. The van der Waals surface area contributed by atoms with Crippen molar-refractivity contribution >= 4 is 27.8 Å². The van der Waals surface area contributed by atoms with Crippen LogP contribution in [0.2, 0.25) is 0 Å². The van der Waals surface area contributed by atoms with Crippen molar-refractivity contribution in [3.05, 3.63) is 223 Å². The molecule has 0 bridgehead atoms. The van der Waals surface area contributed by atoms with E-state index in [0.29, 0.717) is 11.1 Å². The van der Waals surface area contributed by atoms with Gasteiger partial charge in [-0.15, -0.1) is 0 Å². The molecule has 0 spiro atoms. The number of benzene rings is 9. The first-order valence-electron chi connectivity index (χ1n) is 26.6. The van der Waals surface area contributed by atoms with Crippen LogP contribution in [0.15, 0.2) is 212 Å². The summed E-state index contributed by atoms with van der Waals surface area (Å²) in [4.78, 5) is 1.16. The third kappa shape index (κ3) is 5.90. The quantitative estimate of drug-likeness (QED) is 0.158. The van der Waals surface area contributed by atoms with Crippen LogP contribution < -0.4 is 4.90 Å². The van der Waals surface area contributed by atoms with E-state index in [4.69, 9.17) is 12.3 Å². The van der Waals surface area contributed by atoms with Crippen LogP contribution in [0.4, 0.5) is 17.1 Å². The Kier molecular flexibility index (Phi) is 4.92. The zero-order valence-electron chi connectivity index (χ0n) is 47.3. The number of fused-ring (bicyclic) bond motifs is 4. The van der Waals surface area contributed by atoms with E-state index in [1.54, 1.807) is 24.3 Å². The Labute approximate surface area is 353 Å². The lowest BCUT2D eigenvalue weighted by Gasteiger charge is -2.27. The summed E-state index contributed by atoms with van der Waals surface area (Å²) in [5, 5.41) is 1.92. The molecule has 10 rings (SSSR count). The van der Waals surface area contributed by atoms with E-state index in [1.165, 1.54) is 0 Å². The Hall–Kier alpha value is -6.96. The van der Waals surface area contributed by atoms with Crippen LogP contribution in [0.3, 0.4) is 0 Å². The SMILES string of the molecule is [2H]c1c([2H])c([2H])c(-c2c([2H])c([2H])c(-c3c([2H])c([2H])c(N(c4cccc(-c5ccc6ccccc6c5)c4)c4c([2H])c([2H])c(-c5cccc6c5C(C)(C)c5ccccc5-6)c([2H])c4[2H])c([2H])c3[2H])c([2H])c2[2H])c([2H])c1[2H]. The summed E-state index contributed by atoms with van der Waals surface area (Å²) in [6.07, 6.45) is 0. The summed E-state index contributed by atoms with van der Waals surface area (Å²) in [7, 11) is 0. The molecule has 0 unspecified atom stereocenters. The van der Waals surface area contributed by atoms with Crippen molar-refractivity contribution in [1.29, 1.82) is 0 Å². The van der Waals surface area contributed by atoms with Gasteiger partial charge in [-0.1, -0.05) is 183 Å². The van der Waals surface area contributed by atoms with Gasteiger partial charge in [0.2, 0.25) is 0 Å². The summed E-state index contributed by atoms with van der Waals surface area (Å²) < 4.78 is 155. The first-order valence-corrected chi connectivity index (χ1v) is 18.1. The van der Waals surface area contributed by atoms with Gasteiger partial charge in [-0.25, -0.2) is 0 Å². The fourth-order valence-corrected chi connectivity index (χ4v) is 7.65. The highest BCUT2D eigenvalue weighted by Crippen LogP contribution is 2.52. The Morgan fingerprint density at radius 2 is 0.911 bits per heavy atom. The predicted molar refractivity (Wildman–Crippen MR) is 238 cm³/mol. The lowest BCUT2D eigenvalue weighted by molar-refractivity contribution is 0.662. The molecular weight excluding hydrogens is 675 g/mol. The number of hydrogen-bond donors (Lipinski definition) is 0. The van der Waals surface area contributed by atoms with Gasteiger partial charge < -0.3 is 4.90 Å². The van der Waals surface area contributed by atoms with E-state index in [2.05, 4.69) is 0 Å². The number of anilines is 3. The second-order valence-electron chi connectivity index (χ2n) is 14.0. The van der Waals surface area contributed by atoms with Crippen molar-refractivity contribution in [3.8, 4) is 55.6 Å². The monoisotopic (exact) mass is 732 g/mol. The third-order valence-corrected chi connectivity index (χ3v) is 10.3. The molecule has 0 amide bonds. The predicted octanol–water partition coefficient (Wildman–Crippen LogP) is 15.3. The minimum absolute atomic E-state index is 0.0200. The average molecular weight is 733 g/mol. The maximum Gasteiger partial charge on any atom is 0.0645 e. The van der Waals surface area contributed by atoms with Crippen molar-refractivity contribution in [1.82, 2.24) is 0 Å². The van der Waals surface area contributed by atoms with Gasteiger partial charge in [0.15, 0.2) is 0 Å². The van der Waals surface area contributed by atoms with Gasteiger partial charge in [0, 0.05) is 22.5 Å². The van der Waals surface area contributed by atoms with Gasteiger partial charge in [0.1, 0.15) is 0 Å². The molecule has 1 aliphatic rings. The molecule has 0 aliphatic heterocycles. The lowest BCUT2D eigenvalue weighted by atomic mass is 9.79. The van der Waals surface area contributed by atoms with Crippen LogP contribution in [0.1, 0.15) is 48.3 Å². The molecule has 0 radical (unpaired) electrons. The standard InChI is InChI=1S/C55H41N/c1-55(2)53-21-9-8-18-51(53)52-20-11-19-50(54(52)55)43-30-34-48(35-31-43)56(49-17-10-16-45(37-49)46-27-26-39-14-6-7-15-44(39)36-46)47-32-28-42(29-33-47)41-24-22-40(23-25-41)38-12-4-3-5-13-38/h3-37H,1-2H3/i3D,4D,5D,12D,13D,22D,23D,24D,25D,28D,29D,30D,31D,32D,33D,34D,35D. The van der Waals surface area contributed by atoms with Gasteiger partial charge in [-0.3, -0.25) is 0 Å². The minimum Gasteiger partial charge on any atom is -0.310 e. The zero-order valence-corrected chi connectivity index (χ0v) is 30.3. The molecule has 1 aliphatic carbocycles. The van der Waals surface area contributed by atoms with Crippen molar-refractivity contribution in [2.45, 2.75) is 19.3 Å². The molecule has 9 aromatic carbocycles. The summed E-state index contributed by atoms with van der Waals surface area (Å²) >= 11 is 0. The number of rotatable bonds is 7. The van der Waals surface area contributed by atoms with Gasteiger partial charge >= 0.3 is 0 Å². The molecule has 0 N–H and O–H groups in total. The molecule has 0 saturated carbocycles. The largest absolute Gasteiger partial charge is 0.310 e. The molecule has 0 aromatic heterocycles. The van der Waals surface area contributed by atoms with E-state index in [9.17, 15) is 11.0 Å². The Bertz CT molecular complexity index is 3770. The maximum atomic E-state index is 9.77. The fraction of sp³-hybridized carbons (Fsp3) is 0.0545. The molecule has 56 heavy (non-hydrogen) atoms. The van der Waals surface area contributed by atoms with Crippen molar-refractivity contribution in [3.63, 3.8) is 0 Å². The van der Waals surface area contributed by atoms with Gasteiger partial charge in [0.05, 0.1) is 23.3 Å². The number of nitrogens with zero attached hydrogens (tertiary/aromatic N) is 1. The van der Waals surface area contributed by atoms with Gasteiger partial charge in [-0.05, 0) is 120 Å². The first kappa shape index (κ1) is 20.1. The maximum absolute atomic E-state index is 9.77. The number of hydrogen-bond acceptors (Lipinski definition) is 1. The van der Waals surface area contributed by atoms with Crippen LogP contribution >= 0.6 is 0 Å². The summed E-state index contributed by atoms with van der Waals surface area (Å²) in [6.45, 7) is 4.08. The van der Waals surface area contributed by atoms with E-state index < -0.39 is 142 Å². The van der Waals surface area contributed by atoms with Crippen LogP contribution in [-0.4, -0.2) is 0 Å². The minimum atomic E-state index is -0.870. The second-order valence-corrected chi connectivity index (χ2v) is 14.0. The Morgan fingerprint density at radius 1 is 0.375 bits per heavy atom. The average Bonchev–Trinajstić information content (AvgIpc) is 3.63. The molecule has 0 fully saturated rings. The van der Waals surface area contributed by atoms with E-state index >= 15 is 0 Å². The highest BCUT2D eigenvalue weighted by molar-refractivity contribution is 5.90. The highest BCUT2D eigenvalue weighted by Gasteiger charge is 2.37. The molecule has 0 heterocycles. The lowest BCUT2D eigenvalue weighted by Crippen LogP contribution is -2.16. The molecular formula is C55H41N. The second kappa shape index (κ2) is 13.7. The molecule has 1 nitrogen and oxygen atoms in total. The highest BCUT2D eigenvalue weighted by atomic mass is 15.1. The Balaban J connectivity index is 1.22. The molecule has 1 heteroatoms. The first-order chi connectivity index (χ1) is 34.6. The van der Waals surface area contributed by atoms with E-state index in [0.717, 1.165) is 43.5 Å². The molecule has 9 aromatic rings. The van der Waals surface area contributed by atoms with Crippen LogP contribution in [0.5, 0.6) is 0 Å². The Morgan fingerprint density at radius 3 is 1.62 bits per heavy atom. The van der Waals surface area contributed by atoms with Crippen molar-refractivity contribution in [2.75, 3.05) is 4.90 Å². The molecule has 0 atom stereocenters. The van der Waals surface area contributed by atoms with E-state index in [1.807, 2.05) is 98.8 Å². The zero-order chi connectivity index (χ0) is 52.4. The van der Waals surface area contributed by atoms with Crippen LogP contribution in [0, 0.1) is 0 Å². The topological polar surface area (TPSA) is 3.24 Å². The normalized spacial score (nSPS) is 16.9. The van der Waals surface area contributed by atoms with Crippen molar-refractivity contribution in [2.24, 2.45) is 0 Å². The van der Waals surface area contributed by atoms with Crippen LogP contribution in [0.25, 0.3) is 66.4 Å². The fourth-order valence-electron chi connectivity index (χ4n) is 7.65. The smallest absolute Gasteiger partial charge is 0.0645 e. The van der Waals surface area contributed by atoms with E-state index in [-0.39, 0.29) is 11.3 Å². The third-order valence-electron chi connectivity index (χ3n) is 10.3. The summed E-state index contributed by atoms with van der Waals surface area (Å²) in [5.74, 6) is 0. The summed E-state index contributed by atoms with van der Waals surface area (Å²) in [6, 6.07) is 21.3. The van der Waals surface area contributed by atoms with Crippen LogP contribution in [-0.2, 0) is 5.41 Å². The van der Waals surface area contributed by atoms with Crippen molar-refractivity contribution < 1.29 is 23.3 Å².